The highest BCUT2D eigenvalue weighted by Gasteiger charge is 2.16. The highest BCUT2D eigenvalue weighted by atomic mass is 16.5. The summed E-state index contributed by atoms with van der Waals surface area (Å²) in [7, 11) is 0. The maximum absolute atomic E-state index is 6.55. The zero-order chi connectivity index (χ0) is 39.3. The number of nitrogens with zero attached hydrogens (tertiary/aromatic N) is 2. The molecule has 5 heteroatoms. The summed E-state index contributed by atoms with van der Waals surface area (Å²) in [5, 5.41) is 0. The summed E-state index contributed by atoms with van der Waals surface area (Å²) in [5.41, 5.74) is 1.88. The summed E-state index contributed by atoms with van der Waals surface area (Å²) in [6.45, 7) is 8.80. The van der Waals surface area contributed by atoms with E-state index in [1.54, 1.807) is 12.4 Å². The molecule has 2 rings (SSSR count). The Morgan fingerprint density at radius 3 is 1.09 bits per heavy atom. The van der Waals surface area contributed by atoms with E-state index in [4.69, 9.17) is 20.6 Å². The molecule has 0 saturated heterocycles. The first kappa shape index (κ1) is 48.0. The Morgan fingerprint density at radius 1 is 0.418 bits per heavy atom. The predicted molar refractivity (Wildman–Crippen MR) is 234 cm³/mol. The molecule has 0 saturated carbocycles. The van der Waals surface area contributed by atoms with Gasteiger partial charge in [0.05, 0.1) is 32.2 Å². The van der Waals surface area contributed by atoms with Gasteiger partial charge in [0.15, 0.2) is 11.5 Å². The molecular weight excluding hydrogens is 677 g/mol. The Labute approximate surface area is 339 Å². The quantitative estimate of drug-likeness (QED) is 0.0512. The van der Waals surface area contributed by atoms with Gasteiger partial charge in [0, 0.05) is 5.56 Å². The summed E-state index contributed by atoms with van der Waals surface area (Å²) < 4.78 is 19.6. The maximum Gasteiger partial charge on any atom is 0.203 e. The van der Waals surface area contributed by atoms with E-state index in [1.807, 2.05) is 12.1 Å². The largest absolute Gasteiger partial charge is 0.490 e. The molecule has 1 aromatic carbocycles. The van der Waals surface area contributed by atoms with Crippen molar-refractivity contribution in [3.05, 3.63) is 41.5 Å². The van der Waals surface area contributed by atoms with Crippen LogP contribution in [0.3, 0.4) is 0 Å². The van der Waals surface area contributed by atoms with Crippen LogP contribution in [0.25, 0.3) is 0 Å². The summed E-state index contributed by atoms with van der Waals surface area (Å²) in [6, 6.07) is 4.02. The Hall–Kier alpha value is -3.18. The topological polar surface area (TPSA) is 53.5 Å². The van der Waals surface area contributed by atoms with Crippen LogP contribution in [0.4, 0.5) is 0 Å². The fourth-order valence-electron chi connectivity index (χ4n) is 6.92. The Kier molecular flexibility index (Phi) is 30.7. The first-order chi connectivity index (χ1) is 27.2. The standard InChI is InChI=1S/C50H80N2O3/c1-5-9-12-15-18-21-24-27-30-33-38-53-48-41-45(36-37-47-44-51-46(8-4)43-52-47)42-49(54-39-34-31-28-25-22-19-16-13-10-6-2)50(48)55-40-35-32-29-26-23-20-17-14-11-7-3/h4,41-44H,5-7,9-35,38-40H2,1-3H3. The molecular formula is C50H80N2O3. The third-order valence-corrected chi connectivity index (χ3v) is 10.4. The van der Waals surface area contributed by atoms with Gasteiger partial charge in [-0.15, -0.1) is 6.42 Å². The van der Waals surface area contributed by atoms with Crippen LogP contribution in [0.5, 0.6) is 17.2 Å². The number of rotatable bonds is 36. The molecule has 0 aliphatic carbocycles. The molecule has 0 radical (unpaired) electrons. The van der Waals surface area contributed by atoms with Crippen molar-refractivity contribution >= 4 is 0 Å². The molecule has 5 nitrogen and oxygen atoms in total. The molecule has 1 aromatic heterocycles. The van der Waals surface area contributed by atoms with Crippen molar-refractivity contribution in [3.8, 4) is 41.4 Å². The van der Waals surface area contributed by atoms with E-state index in [0.717, 1.165) is 42.1 Å². The maximum atomic E-state index is 6.55. The zero-order valence-electron chi connectivity index (χ0n) is 35.8. The average molecular weight is 757 g/mol. The van der Waals surface area contributed by atoms with Crippen molar-refractivity contribution in [2.24, 2.45) is 0 Å². The Morgan fingerprint density at radius 2 is 0.745 bits per heavy atom. The molecule has 0 aliphatic heterocycles. The van der Waals surface area contributed by atoms with Crippen molar-refractivity contribution in [2.75, 3.05) is 19.8 Å². The van der Waals surface area contributed by atoms with Crippen LogP contribution in [0.2, 0.25) is 0 Å². The number of ether oxygens (including phenoxy) is 3. The molecule has 55 heavy (non-hydrogen) atoms. The molecule has 0 bridgehead atoms. The van der Waals surface area contributed by atoms with E-state index in [1.165, 1.54) is 173 Å². The first-order valence-corrected chi connectivity index (χ1v) is 23.1. The molecule has 0 spiro atoms. The smallest absolute Gasteiger partial charge is 0.203 e. The highest BCUT2D eigenvalue weighted by molar-refractivity contribution is 5.58. The van der Waals surface area contributed by atoms with Gasteiger partial charge in [0.1, 0.15) is 11.4 Å². The van der Waals surface area contributed by atoms with Crippen molar-refractivity contribution in [1.29, 1.82) is 0 Å². The minimum Gasteiger partial charge on any atom is -0.490 e. The summed E-state index contributed by atoms with van der Waals surface area (Å²) in [5.74, 6) is 11.1. The van der Waals surface area contributed by atoms with Gasteiger partial charge in [-0.2, -0.15) is 0 Å². The second-order valence-corrected chi connectivity index (χ2v) is 15.6. The van der Waals surface area contributed by atoms with Crippen molar-refractivity contribution in [3.63, 3.8) is 0 Å². The van der Waals surface area contributed by atoms with Crippen LogP contribution in [0, 0.1) is 24.2 Å². The van der Waals surface area contributed by atoms with E-state index in [-0.39, 0.29) is 0 Å². The minimum atomic E-state index is 0.500. The van der Waals surface area contributed by atoms with Gasteiger partial charge in [-0.05, 0) is 43.2 Å². The van der Waals surface area contributed by atoms with Crippen LogP contribution in [-0.2, 0) is 0 Å². The van der Waals surface area contributed by atoms with Crippen molar-refractivity contribution in [2.45, 2.75) is 213 Å². The molecule has 0 unspecified atom stereocenters. The van der Waals surface area contributed by atoms with Gasteiger partial charge in [-0.1, -0.05) is 200 Å². The van der Waals surface area contributed by atoms with Crippen molar-refractivity contribution in [1.82, 2.24) is 9.97 Å². The minimum absolute atomic E-state index is 0.500. The van der Waals surface area contributed by atoms with Gasteiger partial charge in [-0.25, -0.2) is 9.97 Å². The number of aromatic nitrogens is 2. The Balaban J connectivity index is 2.06. The van der Waals surface area contributed by atoms with Gasteiger partial charge in [0.2, 0.25) is 5.75 Å². The number of hydrogen-bond acceptors (Lipinski definition) is 5. The normalized spacial score (nSPS) is 10.9. The van der Waals surface area contributed by atoms with Gasteiger partial charge in [0.25, 0.3) is 0 Å². The van der Waals surface area contributed by atoms with E-state index in [0.29, 0.717) is 31.2 Å². The van der Waals surface area contributed by atoms with Crippen LogP contribution in [-0.4, -0.2) is 29.8 Å². The van der Waals surface area contributed by atoms with Crippen LogP contribution >= 0.6 is 0 Å². The van der Waals surface area contributed by atoms with Crippen molar-refractivity contribution < 1.29 is 14.2 Å². The molecule has 308 valence electrons. The summed E-state index contributed by atoms with van der Waals surface area (Å²) in [6.07, 6.45) is 47.5. The molecule has 0 aliphatic rings. The van der Waals surface area contributed by atoms with E-state index >= 15 is 0 Å². The molecule has 0 fully saturated rings. The molecule has 0 atom stereocenters. The third kappa shape index (κ3) is 25.6. The lowest BCUT2D eigenvalue weighted by Crippen LogP contribution is -2.07. The summed E-state index contributed by atoms with van der Waals surface area (Å²) >= 11 is 0. The second kappa shape index (κ2) is 35.2. The fourth-order valence-corrected chi connectivity index (χ4v) is 6.92. The van der Waals surface area contributed by atoms with Crippen LogP contribution in [0.15, 0.2) is 24.5 Å². The van der Waals surface area contributed by atoms with E-state index < -0.39 is 0 Å². The lowest BCUT2D eigenvalue weighted by Gasteiger charge is -2.18. The first-order valence-electron chi connectivity index (χ1n) is 23.1. The van der Waals surface area contributed by atoms with Gasteiger partial charge >= 0.3 is 0 Å². The monoisotopic (exact) mass is 757 g/mol. The zero-order valence-corrected chi connectivity index (χ0v) is 35.8. The average Bonchev–Trinajstić information content (AvgIpc) is 3.21. The number of hydrogen-bond donors (Lipinski definition) is 0. The SMILES string of the molecule is C#Cc1cnc(C#Cc2cc(OCCCCCCCCCCCC)c(OCCCCCCCCCCCC)c(OCCCCCCCCCCCC)c2)cn1. The highest BCUT2D eigenvalue weighted by Crippen LogP contribution is 2.39. The van der Waals surface area contributed by atoms with Gasteiger partial charge < -0.3 is 14.2 Å². The number of benzene rings is 1. The van der Waals surface area contributed by atoms with E-state index in [9.17, 15) is 0 Å². The van der Waals surface area contributed by atoms with Gasteiger partial charge in [-0.3, -0.25) is 0 Å². The lowest BCUT2D eigenvalue weighted by molar-refractivity contribution is 0.234. The lowest BCUT2D eigenvalue weighted by atomic mass is 10.1. The fraction of sp³-hybridized carbons (Fsp3) is 0.720. The Bertz CT molecular complexity index is 1240. The number of terminal acetylenes is 1. The molecule has 2 aromatic rings. The summed E-state index contributed by atoms with van der Waals surface area (Å²) in [4.78, 5) is 8.63. The van der Waals surface area contributed by atoms with Crippen LogP contribution < -0.4 is 14.2 Å². The van der Waals surface area contributed by atoms with E-state index in [2.05, 4.69) is 48.5 Å². The second-order valence-electron chi connectivity index (χ2n) is 15.6. The number of unbranched alkanes of at least 4 members (excludes halogenated alkanes) is 27. The molecule has 0 amide bonds. The predicted octanol–water partition coefficient (Wildman–Crippen LogP) is 14.8. The van der Waals surface area contributed by atoms with Crippen LogP contribution in [0.1, 0.15) is 230 Å². The molecule has 1 heterocycles. The third-order valence-electron chi connectivity index (χ3n) is 10.4. The molecule has 0 N–H and O–H groups in total.